The number of hydrogen-bond donors (Lipinski definition) is 3. The number of hydrogen-bond acceptors (Lipinski definition) is 6. The molecule has 148 valence electrons. The summed E-state index contributed by atoms with van der Waals surface area (Å²) in [6.07, 6.45) is 2.32. The van der Waals surface area contributed by atoms with Crippen LogP contribution >= 0.6 is 0 Å². The Hall–Kier alpha value is -3.36. The summed E-state index contributed by atoms with van der Waals surface area (Å²) >= 11 is 0. The van der Waals surface area contributed by atoms with Crippen LogP contribution in [0.4, 0.5) is 0 Å². The number of nitrogens with one attached hydrogen (secondary N) is 2. The number of esters is 1. The van der Waals surface area contributed by atoms with Crippen molar-refractivity contribution in [2.24, 2.45) is 18.7 Å². The molecule has 28 heavy (non-hydrogen) atoms. The molecule has 2 atom stereocenters. The smallest absolute Gasteiger partial charge is 0.306 e. The van der Waals surface area contributed by atoms with Crippen molar-refractivity contribution < 1.29 is 19.1 Å². The number of nitrogen functional groups attached to an aromatic ring is 1. The maximum absolute atomic E-state index is 11.9. The first-order valence-electron chi connectivity index (χ1n) is 8.85. The summed E-state index contributed by atoms with van der Waals surface area (Å²) in [5.74, 6) is 0.374. The average molecular weight is 385 g/mol. The first kappa shape index (κ1) is 19.4. The van der Waals surface area contributed by atoms with Crippen molar-refractivity contribution in [2.45, 2.75) is 18.9 Å². The predicted molar refractivity (Wildman–Crippen MR) is 102 cm³/mol. The van der Waals surface area contributed by atoms with E-state index >= 15 is 0 Å². The number of aromatic nitrogens is 2. The number of amides is 1. The molecule has 1 saturated heterocycles. The van der Waals surface area contributed by atoms with Gasteiger partial charge in [0.05, 0.1) is 25.5 Å². The number of rotatable bonds is 7. The number of methoxy groups -OCH3 is 1. The van der Waals surface area contributed by atoms with Crippen molar-refractivity contribution in [1.29, 1.82) is 5.41 Å². The molecule has 0 saturated carbocycles. The highest BCUT2D eigenvalue weighted by Crippen LogP contribution is 2.23. The van der Waals surface area contributed by atoms with Gasteiger partial charge in [0, 0.05) is 18.8 Å². The highest BCUT2D eigenvalue weighted by atomic mass is 16.5. The molecule has 2 aromatic rings. The van der Waals surface area contributed by atoms with Gasteiger partial charge in [-0.25, -0.2) is 4.98 Å². The minimum Gasteiger partial charge on any atom is -0.491 e. The third kappa shape index (κ3) is 4.30. The number of amidine groups is 1. The molecule has 1 aliphatic rings. The maximum atomic E-state index is 11.9. The summed E-state index contributed by atoms with van der Waals surface area (Å²) in [7, 11) is 3.15. The maximum Gasteiger partial charge on any atom is 0.306 e. The fourth-order valence-corrected chi connectivity index (χ4v) is 3.16. The molecule has 0 radical (unpaired) electrons. The van der Waals surface area contributed by atoms with E-state index in [9.17, 15) is 9.59 Å². The fraction of sp³-hybridized carbons (Fsp3) is 0.368. The van der Waals surface area contributed by atoms with Crippen LogP contribution in [0.5, 0.6) is 5.75 Å². The molecule has 0 aliphatic carbocycles. The van der Waals surface area contributed by atoms with E-state index in [0.717, 1.165) is 5.56 Å². The number of aryl methyl sites for hydroxylation is 1. The van der Waals surface area contributed by atoms with Gasteiger partial charge in [-0.3, -0.25) is 15.0 Å². The van der Waals surface area contributed by atoms with Crippen molar-refractivity contribution in [1.82, 2.24) is 14.9 Å². The Balaban J connectivity index is 1.57. The van der Waals surface area contributed by atoms with Crippen molar-refractivity contribution in [2.75, 3.05) is 13.7 Å². The van der Waals surface area contributed by atoms with Gasteiger partial charge in [0.2, 0.25) is 5.91 Å². The first-order valence-corrected chi connectivity index (χ1v) is 8.85. The van der Waals surface area contributed by atoms with Crippen LogP contribution in [-0.2, 0) is 21.4 Å². The summed E-state index contributed by atoms with van der Waals surface area (Å²) < 4.78 is 12.2. The number of nitrogens with two attached hydrogens (primary N) is 1. The summed E-state index contributed by atoms with van der Waals surface area (Å²) in [5.41, 5.74) is 6.78. The molecule has 2 heterocycles. The van der Waals surface area contributed by atoms with E-state index in [1.807, 2.05) is 35.9 Å². The zero-order valence-corrected chi connectivity index (χ0v) is 15.8. The third-order valence-electron chi connectivity index (χ3n) is 4.64. The normalized spacial score (nSPS) is 18.6. The summed E-state index contributed by atoms with van der Waals surface area (Å²) in [6, 6.07) is 7.24. The zero-order chi connectivity index (χ0) is 20.3. The van der Waals surface area contributed by atoms with E-state index < -0.39 is 0 Å². The van der Waals surface area contributed by atoms with Gasteiger partial charge in [0.1, 0.15) is 29.7 Å². The van der Waals surface area contributed by atoms with Crippen molar-refractivity contribution in [3.05, 3.63) is 36.2 Å². The van der Waals surface area contributed by atoms with Gasteiger partial charge in [0.15, 0.2) is 0 Å². The molecular formula is C19H23N5O4. The van der Waals surface area contributed by atoms with Gasteiger partial charge in [-0.2, -0.15) is 0 Å². The molecule has 1 aromatic heterocycles. The molecule has 0 spiro atoms. The largest absolute Gasteiger partial charge is 0.491 e. The Bertz CT molecular complexity index is 890. The highest BCUT2D eigenvalue weighted by molar-refractivity contribution is 5.93. The number of imidazole rings is 1. The Labute approximate surface area is 162 Å². The monoisotopic (exact) mass is 385 g/mol. The molecule has 3 rings (SSSR count). The summed E-state index contributed by atoms with van der Waals surface area (Å²) in [4.78, 5) is 27.6. The van der Waals surface area contributed by atoms with Gasteiger partial charge in [-0.05, 0) is 30.7 Å². The molecule has 1 fully saturated rings. The van der Waals surface area contributed by atoms with Crippen LogP contribution in [0.15, 0.2) is 30.5 Å². The third-order valence-corrected chi connectivity index (χ3v) is 4.64. The Kier molecular flexibility index (Phi) is 5.62. The Morgan fingerprint density at radius 3 is 2.71 bits per heavy atom. The number of carbonyl (C=O) groups is 2. The summed E-state index contributed by atoms with van der Waals surface area (Å²) in [6.45, 7) is 0.319. The minimum atomic E-state index is -0.389. The van der Waals surface area contributed by atoms with E-state index in [4.69, 9.17) is 15.9 Å². The van der Waals surface area contributed by atoms with Crippen molar-refractivity contribution in [3.63, 3.8) is 0 Å². The first-order chi connectivity index (χ1) is 13.4. The van der Waals surface area contributed by atoms with E-state index in [1.54, 1.807) is 6.20 Å². The van der Waals surface area contributed by atoms with Crippen LogP contribution < -0.4 is 15.8 Å². The van der Waals surface area contributed by atoms with Crippen LogP contribution in [0.2, 0.25) is 0 Å². The van der Waals surface area contributed by atoms with Gasteiger partial charge in [0.25, 0.3) is 0 Å². The highest BCUT2D eigenvalue weighted by Gasteiger charge is 2.34. The molecule has 1 amide bonds. The van der Waals surface area contributed by atoms with Crippen LogP contribution in [0, 0.1) is 11.3 Å². The number of carbonyl (C=O) groups excluding carboxylic acids is 2. The van der Waals surface area contributed by atoms with Crippen molar-refractivity contribution in [3.8, 4) is 17.1 Å². The Morgan fingerprint density at radius 2 is 2.11 bits per heavy atom. The molecule has 1 aliphatic heterocycles. The van der Waals surface area contributed by atoms with Crippen LogP contribution in [0.3, 0.4) is 0 Å². The molecule has 4 N–H and O–H groups in total. The molecule has 1 aromatic carbocycles. The second-order valence-corrected chi connectivity index (χ2v) is 6.73. The SMILES string of the molecule is COC(=O)C[C@@H]1C[C@@H](COc2ccc(-c3nc(C(=N)N)cn3C)cc2)NC1=O. The molecular weight excluding hydrogens is 362 g/mol. The number of nitrogens with zero attached hydrogens (tertiary/aromatic N) is 2. The van der Waals surface area contributed by atoms with Crippen molar-refractivity contribution >= 4 is 17.7 Å². The Morgan fingerprint density at radius 1 is 1.39 bits per heavy atom. The lowest BCUT2D eigenvalue weighted by Crippen LogP contribution is -2.31. The second kappa shape index (κ2) is 8.12. The number of benzene rings is 1. The lowest BCUT2D eigenvalue weighted by molar-refractivity contribution is -0.143. The standard InChI is InChI=1S/C19H23N5O4/c1-24-9-15(17(20)21)23-18(24)11-3-5-14(6-4-11)28-10-13-7-12(19(26)22-13)8-16(25)27-2/h3-6,9,12-13H,7-8,10H2,1-2H3,(H3,20,21)(H,22,26)/t12-,13-/m0/s1. The van der Waals surface area contributed by atoms with E-state index in [0.29, 0.717) is 30.3 Å². The number of ether oxygens (including phenoxy) is 2. The van der Waals surface area contributed by atoms with Gasteiger partial charge in [-0.15, -0.1) is 0 Å². The second-order valence-electron chi connectivity index (χ2n) is 6.73. The van der Waals surface area contributed by atoms with Crippen LogP contribution in [0.25, 0.3) is 11.4 Å². The predicted octanol–water partition coefficient (Wildman–Crippen LogP) is 0.818. The molecule has 9 nitrogen and oxygen atoms in total. The molecule has 0 bridgehead atoms. The quantitative estimate of drug-likeness (QED) is 0.367. The molecule has 9 heteroatoms. The van der Waals surface area contributed by atoms with E-state index in [2.05, 4.69) is 15.0 Å². The topological polar surface area (TPSA) is 132 Å². The van der Waals surface area contributed by atoms with E-state index in [-0.39, 0.29) is 36.1 Å². The van der Waals surface area contributed by atoms with Crippen LogP contribution in [-0.4, -0.2) is 47.0 Å². The lowest BCUT2D eigenvalue weighted by Gasteiger charge is -2.12. The van der Waals surface area contributed by atoms with Gasteiger partial charge < -0.3 is 25.1 Å². The van der Waals surface area contributed by atoms with Crippen LogP contribution in [0.1, 0.15) is 18.5 Å². The average Bonchev–Trinajstić information content (AvgIpc) is 3.23. The van der Waals surface area contributed by atoms with Gasteiger partial charge >= 0.3 is 5.97 Å². The lowest BCUT2D eigenvalue weighted by atomic mass is 10.0. The van der Waals surface area contributed by atoms with Gasteiger partial charge in [-0.1, -0.05) is 0 Å². The fourth-order valence-electron chi connectivity index (χ4n) is 3.16. The van der Waals surface area contributed by atoms with E-state index in [1.165, 1.54) is 7.11 Å². The molecule has 0 unspecified atom stereocenters. The minimum absolute atomic E-state index is 0.0779. The zero-order valence-electron chi connectivity index (χ0n) is 15.8. The summed E-state index contributed by atoms with van der Waals surface area (Å²) in [5, 5.41) is 10.3.